The molecule has 0 spiro atoms. The van der Waals surface area contributed by atoms with Crippen LogP contribution in [0.25, 0.3) is 0 Å². The average molecular weight is 260 g/mol. The summed E-state index contributed by atoms with van der Waals surface area (Å²) in [5.41, 5.74) is 5.83. The van der Waals surface area contributed by atoms with Crippen LogP contribution in [-0.2, 0) is 17.3 Å². The fraction of sp³-hybridized carbons (Fsp3) is 0.667. The van der Waals surface area contributed by atoms with Crippen molar-refractivity contribution < 1.29 is 5.11 Å². The van der Waals surface area contributed by atoms with Gasteiger partial charge in [0.2, 0.25) is 0 Å². The van der Waals surface area contributed by atoms with Crippen molar-refractivity contribution in [2.75, 3.05) is 0 Å². The number of hydrogen-bond acceptors (Lipinski definition) is 1. The first-order valence-corrected chi connectivity index (χ1v) is 7.55. The molecule has 1 N–H and O–H groups in total. The molecule has 0 radical (unpaired) electrons. The summed E-state index contributed by atoms with van der Waals surface area (Å²) in [7, 11) is 0. The van der Waals surface area contributed by atoms with Crippen molar-refractivity contribution in [3.8, 4) is 0 Å². The van der Waals surface area contributed by atoms with Crippen LogP contribution in [0, 0.1) is 0 Å². The molecule has 1 aliphatic rings. The summed E-state index contributed by atoms with van der Waals surface area (Å²) in [6.07, 6.45) is 3.08. The van der Waals surface area contributed by atoms with E-state index in [2.05, 4.69) is 46.8 Å². The fourth-order valence-corrected chi connectivity index (χ4v) is 3.37. The van der Waals surface area contributed by atoms with Gasteiger partial charge in [0, 0.05) is 0 Å². The molecule has 1 aromatic rings. The molecule has 1 heteroatoms. The smallest absolute Gasteiger partial charge is 0.0764 e. The van der Waals surface area contributed by atoms with Gasteiger partial charge in [-0.05, 0) is 59.3 Å². The topological polar surface area (TPSA) is 20.2 Å². The summed E-state index contributed by atoms with van der Waals surface area (Å²) < 4.78 is 0. The van der Waals surface area contributed by atoms with Crippen molar-refractivity contribution >= 4 is 0 Å². The van der Waals surface area contributed by atoms with Crippen LogP contribution in [0.1, 0.15) is 82.7 Å². The van der Waals surface area contributed by atoms with Crippen LogP contribution in [0.3, 0.4) is 0 Å². The second kappa shape index (κ2) is 4.63. The maximum atomic E-state index is 10.0. The number of aliphatic hydroxyl groups excluding tert-OH is 1. The first-order chi connectivity index (χ1) is 8.69. The molecule has 2 rings (SSSR count). The number of fused-ring (bicyclic) bond motifs is 1. The summed E-state index contributed by atoms with van der Waals surface area (Å²) in [5, 5.41) is 10.0. The summed E-state index contributed by atoms with van der Waals surface area (Å²) in [6.45, 7) is 13.4. The zero-order chi connectivity index (χ0) is 14.4. The predicted octanol–water partition coefficient (Wildman–Crippen LogP) is 4.65. The highest BCUT2D eigenvalue weighted by Gasteiger charge is 2.37. The van der Waals surface area contributed by atoms with Crippen molar-refractivity contribution in [3.05, 3.63) is 34.4 Å². The third kappa shape index (κ3) is 2.45. The van der Waals surface area contributed by atoms with Crippen molar-refractivity contribution in [1.29, 1.82) is 0 Å². The Labute approximate surface area is 118 Å². The van der Waals surface area contributed by atoms with Gasteiger partial charge < -0.3 is 5.11 Å². The van der Waals surface area contributed by atoms with E-state index in [1.165, 1.54) is 29.5 Å². The lowest BCUT2D eigenvalue weighted by atomic mass is 9.62. The van der Waals surface area contributed by atoms with Gasteiger partial charge in [0.05, 0.1) is 6.10 Å². The van der Waals surface area contributed by atoms with Gasteiger partial charge in [0.25, 0.3) is 0 Å². The third-order valence-electron chi connectivity index (χ3n) is 4.94. The lowest BCUT2D eigenvalue weighted by Crippen LogP contribution is -2.34. The fourth-order valence-electron chi connectivity index (χ4n) is 3.37. The van der Waals surface area contributed by atoms with Gasteiger partial charge in [-0.1, -0.05) is 46.8 Å². The lowest BCUT2D eigenvalue weighted by Gasteiger charge is -2.42. The molecule has 106 valence electrons. The first kappa shape index (κ1) is 14.6. The Morgan fingerprint density at radius 2 is 1.53 bits per heavy atom. The number of benzene rings is 1. The SMILES string of the molecule is CCc1cc2c(cc1[C@H](C)O)C(C)(C)CCC2(C)C. The standard InChI is InChI=1S/C18H28O/c1-7-13-10-15-16(11-14(13)12(2)19)18(5,6)9-8-17(15,3)4/h10-12,19H,7-9H2,1-6H3/t12-/m0/s1. The van der Waals surface area contributed by atoms with Crippen LogP contribution in [0.2, 0.25) is 0 Å². The first-order valence-electron chi connectivity index (χ1n) is 7.55. The van der Waals surface area contributed by atoms with E-state index in [0.717, 1.165) is 12.0 Å². The monoisotopic (exact) mass is 260 g/mol. The molecule has 0 unspecified atom stereocenters. The van der Waals surface area contributed by atoms with Gasteiger partial charge >= 0.3 is 0 Å². The largest absolute Gasteiger partial charge is 0.389 e. The van der Waals surface area contributed by atoms with E-state index in [1.807, 2.05) is 6.92 Å². The molecule has 0 heterocycles. The molecule has 0 saturated heterocycles. The van der Waals surface area contributed by atoms with Crippen molar-refractivity contribution in [1.82, 2.24) is 0 Å². The van der Waals surface area contributed by atoms with Gasteiger partial charge in [0.1, 0.15) is 0 Å². The number of hydrogen-bond donors (Lipinski definition) is 1. The van der Waals surface area contributed by atoms with Gasteiger partial charge in [-0.2, -0.15) is 0 Å². The molecular formula is C18H28O. The van der Waals surface area contributed by atoms with Crippen LogP contribution in [0.4, 0.5) is 0 Å². The molecule has 0 saturated carbocycles. The van der Waals surface area contributed by atoms with Gasteiger partial charge in [0.15, 0.2) is 0 Å². The minimum Gasteiger partial charge on any atom is -0.389 e. The molecule has 0 aromatic heterocycles. The lowest BCUT2D eigenvalue weighted by molar-refractivity contribution is 0.197. The van der Waals surface area contributed by atoms with E-state index in [-0.39, 0.29) is 16.9 Å². The summed E-state index contributed by atoms with van der Waals surface area (Å²) in [5.74, 6) is 0. The van der Waals surface area contributed by atoms with E-state index in [1.54, 1.807) is 0 Å². The van der Waals surface area contributed by atoms with Crippen molar-refractivity contribution in [3.63, 3.8) is 0 Å². The Bertz CT molecular complexity index is 481. The Hall–Kier alpha value is -0.820. The highest BCUT2D eigenvalue weighted by atomic mass is 16.3. The van der Waals surface area contributed by atoms with Crippen LogP contribution >= 0.6 is 0 Å². The summed E-state index contributed by atoms with van der Waals surface area (Å²) in [6, 6.07) is 4.64. The summed E-state index contributed by atoms with van der Waals surface area (Å²) in [4.78, 5) is 0. The normalized spacial score (nSPS) is 21.8. The Morgan fingerprint density at radius 3 is 1.95 bits per heavy atom. The Morgan fingerprint density at radius 1 is 1.05 bits per heavy atom. The van der Waals surface area contributed by atoms with Crippen LogP contribution in [-0.4, -0.2) is 5.11 Å². The molecule has 1 aromatic carbocycles. The van der Waals surface area contributed by atoms with Gasteiger partial charge in [-0.25, -0.2) is 0 Å². The van der Waals surface area contributed by atoms with Crippen molar-refractivity contribution in [2.24, 2.45) is 0 Å². The number of aliphatic hydroxyl groups is 1. The van der Waals surface area contributed by atoms with Crippen molar-refractivity contribution in [2.45, 2.75) is 77.7 Å². The van der Waals surface area contributed by atoms with Crippen LogP contribution in [0.5, 0.6) is 0 Å². The van der Waals surface area contributed by atoms with E-state index < -0.39 is 0 Å². The predicted molar refractivity (Wildman–Crippen MR) is 81.7 cm³/mol. The molecule has 19 heavy (non-hydrogen) atoms. The van der Waals surface area contributed by atoms with Crippen LogP contribution in [0.15, 0.2) is 12.1 Å². The zero-order valence-electron chi connectivity index (χ0n) is 13.3. The molecular weight excluding hydrogens is 232 g/mol. The Balaban J connectivity index is 2.70. The van der Waals surface area contributed by atoms with E-state index in [0.29, 0.717) is 0 Å². The van der Waals surface area contributed by atoms with Gasteiger partial charge in [-0.3, -0.25) is 0 Å². The second-order valence-corrected chi connectivity index (χ2v) is 7.39. The Kier molecular flexibility index (Phi) is 3.55. The number of aryl methyl sites for hydroxylation is 1. The number of rotatable bonds is 2. The van der Waals surface area contributed by atoms with Gasteiger partial charge in [-0.15, -0.1) is 0 Å². The molecule has 1 nitrogen and oxygen atoms in total. The highest BCUT2D eigenvalue weighted by molar-refractivity contribution is 5.47. The third-order valence-corrected chi connectivity index (χ3v) is 4.94. The minimum absolute atomic E-state index is 0.223. The molecule has 0 bridgehead atoms. The van der Waals surface area contributed by atoms with E-state index in [4.69, 9.17) is 0 Å². The summed E-state index contributed by atoms with van der Waals surface area (Å²) >= 11 is 0. The van der Waals surface area contributed by atoms with Crippen LogP contribution < -0.4 is 0 Å². The maximum absolute atomic E-state index is 10.0. The van der Waals surface area contributed by atoms with E-state index in [9.17, 15) is 5.11 Å². The minimum atomic E-state index is -0.374. The maximum Gasteiger partial charge on any atom is 0.0764 e. The average Bonchev–Trinajstić information content (AvgIpc) is 2.33. The molecule has 1 aliphatic carbocycles. The quantitative estimate of drug-likeness (QED) is 0.820. The highest BCUT2D eigenvalue weighted by Crippen LogP contribution is 2.47. The molecule has 0 fully saturated rings. The second-order valence-electron chi connectivity index (χ2n) is 7.39. The molecule has 0 aliphatic heterocycles. The van der Waals surface area contributed by atoms with E-state index >= 15 is 0 Å². The molecule has 1 atom stereocenters. The molecule has 0 amide bonds. The zero-order valence-corrected chi connectivity index (χ0v) is 13.3.